The zero-order valence-electron chi connectivity index (χ0n) is 7.08. The molecule has 1 aliphatic carbocycles. The molecule has 3 nitrogen and oxygen atoms in total. The highest BCUT2D eigenvalue weighted by Gasteiger charge is 2.31. The van der Waals surface area contributed by atoms with Crippen molar-refractivity contribution >= 4 is 11.6 Å². The van der Waals surface area contributed by atoms with E-state index in [2.05, 4.69) is 4.98 Å². The predicted molar refractivity (Wildman–Crippen MR) is 46.7 cm³/mol. The third-order valence-electron chi connectivity index (χ3n) is 2.09. The zero-order chi connectivity index (χ0) is 10.3. The van der Waals surface area contributed by atoms with E-state index in [0.29, 0.717) is 4.57 Å². The smallest absolute Gasteiger partial charge is 0.269 e. The van der Waals surface area contributed by atoms with Gasteiger partial charge in [-0.25, -0.2) is 9.55 Å². The average Bonchev–Trinajstić information content (AvgIpc) is 2.82. The number of aromatic nitrogens is 2. The second-order valence-electron chi connectivity index (χ2n) is 3.20. The van der Waals surface area contributed by atoms with Crippen molar-refractivity contribution in [3.05, 3.63) is 27.4 Å². The molecule has 1 saturated carbocycles. The molecule has 0 atom stereocenters. The zero-order valence-corrected chi connectivity index (χ0v) is 7.84. The molecule has 1 aliphatic rings. The first-order valence-electron chi connectivity index (χ1n) is 4.16. The summed E-state index contributed by atoms with van der Waals surface area (Å²) in [5.74, 6) is 0.0768. The van der Waals surface area contributed by atoms with Crippen LogP contribution in [0.4, 0.5) is 8.78 Å². The molecule has 0 bridgehead atoms. The van der Waals surface area contributed by atoms with Crippen LogP contribution in [0.15, 0.2) is 10.9 Å². The summed E-state index contributed by atoms with van der Waals surface area (Å²) in [6, 6.07) is 0.902. The molecule has 1 fully saturated rings. The van der Waals surface area contributed by atoms with E-state index in [1.54, 1.807) is 0 Å². The molecule has 2 rings (SSSR count). The topological polar surface area (TPSA) is 34.9 Å². The molecule has 0 aliphatic heterocycles. The lowest BCUT2D eigenvalue weighted by molar-refractivity contribution is 0.0616. The van der Waals surface area contributed by atoms with Crippen molar-refractivity contribution in [2.75, 3.05) is 0 Å². The van der Waals surface area contributed by atoms with E-state index < -0.39 is 12.1 Å². The lowest BCUT2D eigenvalue weighted by Crippen LogP contribution is -2.24. The standard InChI is InChI=1S/C8H7ClF2N2O/c9-5-3-6(14)13(8(10)11)7(12-5)4-1-2-4/h3-4,8H,1-2H2. The number of nitrogens with zero attached hydrogens (tertiary/aromatic N) is 2. The molecule has 76 valence electrons. The summed E-state index contributed by atoms with van der Waals surface area (Å²) < 4.78 is 25.4. The molecule has 0 radical (unpaired) electrons. The maximum atomic E-state index is 12.5. The Kier molecular flexibility index (Phi) is 2.26. The lowest BCUT2D eigenvalue weighted by atomic mass is 10.4. The predicted octanol–water partition coefficient (Wildman–Crippen LogP) is 2.17. The molecule has 1 aromatic heterocycles. The second-order valence-corrected chi connectivity index (χ2v) is 3.58. The molecule has 1 heterocycles. The summed E-state index contributed by atoms with van der Waals surface area (Å²) >= 11 is 5.53. The van der Waals surface area contributed by atoms with Crippen molar-refractivity contribution in [2.24, 2.45) is 0 Å². The quantitative estimate of drug-likeness (QED) is 0.716. The van der Waals surface area contributed by atoms with E-state index in [9.17, 15) is 13.6 Å². The summed E-state index contributed by atoms with van der Waals surface area (Å²) in [5.41, 5.74) is -0.790. The molecule has 0 amide bonds. The first-order valence-corrected chi connectivity index (χ1v) is 4.54. The number of hydrogen-bond donors (Lipinski definition) is 0. The Morgan fingerprint density at radius 2 is 2.21 bits per heavy atom. The molecule has 0 saturated heterocycles. The monoisotopic (exact) mass is 220 g/mol. The van der Waals surface area contributed by atoms with E-state index in [-0.39, 0.29) is 16.9 Å². The normalized spacial score (nSPS) is 16.3. The van der Waals surface area contributed by atoms with Crippen LogP contribution in [-0.2, 0) is 0 Å². The van der Waals surface area contributed by atoms with Crippen molar-refractivity contribution in [1.29, 1.82) is 0 Å². The second kappa shape index (κ2) is 3.31. The van der Waals surface area contributed by atoms with Gasteiger partial charge in [-0.05, 0) is 12.8 Å². The average molecular weight is 221 g/mol. The van der Waals surface area contributed by atoms with Crippen LogP contribution in [0, 0.1) is 0 Å². The highest BCUT2D eigenvalue weighted by Crippen LogP contribution is 2.39. The first-order chi connectivity index (χ1) is 6.59. The van der Waals surface area contributed by atoms with E-state index in [4.69, 9.17) is 11.6 Å². The largest absolute Gasteiger partial charge is 0.322 e. The Balaban J connectivity index is 2.59. The number of hydrogen-bond acceptors (Lipinski definition) is 2. The molecular weight excluding hydrogens is 214 g/mol. The summed E-state index contributed by atoms with van der Waals surface area (Å²) in [4.78, 5) is 15.0. The van der Waals surface area contributed by atoms with Crippen LogP contribution in [0.5, 0.6) is 0 Å². The minimum atomic E-state index is -2.84. The van der Waals surface area contributed by atoms with Gasteiger partial charge in [-0.1, -0.05) is 11.6 Å². The van der Waals surface area contributed by atoms with Gasteiger partial charge in [-0.2, -0.15) is 8.78 Å². The van der Waals surface area contributed by atoms with Crippen LogP contribution in [0.25, 0.3) is 0 Å². The van der Waals surface area contributed by atoms with E-state index in [0.717, 1.165) is 18.9 Å². The minimum Gasteiger partial charge on any atom is -0.269 e. The fourth-order valence-corrected chi connectivity index (χ4v) is 1.49. The Morgan fingerprint density at radius 1 is 1.57 bits per heavy atom. The Bertz CT molecular complexity index is 414. The number of rotatable bonds is 2. The van der Waals surface area contributed by atoms with Crippen molar-refractivity contribution in [1.82, 2.24) is 9.55 Å². The molecule has 0 N–H and O–H groups in total. The Hall–Kier alpha value is -0.970. The highest BCUT2D eigenvalue weighted by atomic mass is 35.5. The highest BCUT2D eigenvalue weighted by molar-refractivity contribution is 6.29. The molecule has 0 aromatic carbocycles. The van der Waals surface area contributed by atoms with Gasteiger partial charge < -0.3 is 0 Å². The molecule has 6 heteroatoms. The van der Waals surface area contributed by atoms with Crippen LogP contribution in [0.2, 0.25) is 5.15 Å². The van der Waals surface area contributed by atoms with Gasteiger partial charge in [0.2, 0.25) is 0 Å². The van der Waals surface area contributed by atoms with Crippen LogP contribution < -0.4 is 5.56 Å². The minimum absolute atomic E-state index is 0.0196. The van der Waals surface area contributed by atoms with E-state index in [1.165, 1.54) is 0 Å². The van der Waals surface area contributed by atoms with Crippen molar-refractivity contribution in [2.45, 2.75) is 25.3 Å². The fraction of sp³-hybridized carbons (Fsp3) is 0.500. The third kappa shape index (κ3) is 1.64. The van der Waals surface area contributed by atoms with Gasteiger partial charge in [0.25, 0.3) is 5.56 Å². The summed E-state index contributed by atoms with van der Waals surface area (Å²) in [5, 5.41) is -0.0196. The van der Waals surface area contributed by atoms with Gasteiger partial charge in [0.15, 0.2) is 0 Å². The van der Waals surface area contributed by atoms with Gasteiger partial charge in [-0.15, -0.1) is 0 Å². The van der Waals surface area contributed by atoms with Gasteiger partial charge in [0.05, 0.1) is 0 Å². The Labute approximate surface area is 83.3 Å². The van der Waals surface area contributed by atoms with Crippen LogP contribution in [-0.4, -0.2) is 9.55 Å². The maximum absolute atomic E-state index is 12.5. The fourth-order valence-electron chi connectivity index (χ4n) is 1.31. The van der Waals surface area contributed by atoms with Crippen molar-refractivity contribution < 1.29 is 8.78 Å². The molecular formula is C8H7ClF2N2O. The first kappa shape index (κ1) is 9.58. The summed E-state index contributed by atoms with van der Waals surface area (Å²) in [6.07, 6.45) is 1.58. The molecule has 14 heavy (non-hydrogen) atoms. The van der Waals surface area contributed by atoms with E-state index >= 15 is 0 Å². The summed E-state index contributed by atoms with van der Waals surface area (Å²) in [6.45, 7) is -2.84. The van der Waals surface area contributed by atoms with Gasteiger partial charge >= 0.3 is 6.55 Å². The van der Waals surface area contributed by atoms with Crippen LogP contribution >= 0.6 is 11.6 Å². The van der Waals surface area contributed by atoms with Crippen LogP contribution in [0.1, 0.15) is 31.1 Å². The van der Waals surface area contributed by atoms with E-state index in [1.807, 2.05) is 0 Å². The van der Waals surface area contributed by atoms with Gasteiger partial charge in [0, 0.05) is 12.0 Å². The van der Waals surface area contributed by atoms with Gasteiger partial charge in [0.1, 0.15) is 11.0 Å². The Morgan fingerprint density at radius 3 is 2.71 bits per heavy atom. The molecule has 0 spiro atoms. The SMILES string of the molecule is O=c1cc(Cl)nc(C2CC2)n1C(F)F. The van der Waals surface area contributed by atoms with Gasteiger partial charge in [-0.3, -0.25) is 4.79 Å². The number of alkyl halides is 2. The number of halogens is 3. The third-order valence-corrected chi connectivity index (χ3v) is 2.28. The molecule has 0 unspecified atom stereocenters. The van der Waals surface area contributed by atoms with Crippen molar-refractivity contribution in [3.63, 3.8) is 0 Å². The summed E-state index contributed by atoms with van der Waals surface area (Å²) in [7, 11) is 0. The van der Waals surface area contributed by atoms with Crippen LogP contribution in [0.3, 0.4) is 0 Å². The maximum Gasteiger partial charge on any atom is 0.322 e. The van der Waals surface area contributed by atoms with Crippen molar-refractivity contribution in [3.8, 4) is 0 Å². The molecule has 1 aromatic rings. The lowest BCUT2D eigenvalue weighted by Gasteiger charge is -2.09.